The molecule has 1 unspecified atom stereocenters. The third-order valence-corrected chi connectivity index (χ3v) is 6.18. The number of aliphatic hydroxyl groups is 1. The summed E-state index contributed by atoms with van der Waals surface area (Å²) in [7, 11) is -2.69. The second kappa shape index (κ2) is 10.6. The molecule has 0 saturated heterocycles. The fourth-order valence-corrected chi connectivity index (χ4v) is 3.79. The normalized spacial score (nSPS) is 13.6. The summed E-state index contributed by atoms with van der Waals surface area (Å²) in [6.07, 6.45) is -5.24. The highest BCUT2D eigenvalue weighted by atomic mass is 35.5. The zero-order valence-corrected chi connectivity index (χ0v) is 19.4. The van der Waals surface area contributed by atoms with E-state index in [1.54, 1.807) is 0 Å². The third kappa shape index (κ3) is 6.59. The molecule has 0 fully saturated rings. The van der Waals surface area contributed by atoms with Crippen molar-refractivity contribution in [1.82, 2.24) is 5.32 Å². The number of hydrogen-bond acceptors (Lipinski definition) is 6. The first-order chi connectivity index (χ1) is 15.7. The number of anilines is 2. The van der Waals surface area contributed by atoms with E-state index in [1.807, 2.05) is 5.32 Å². The predicted molar refractivity (Wildman–Crippen MR) is 118 cm³/mol. The molecule has 4 N–H and O–H groups in total. The van der Waals surface area contributed by atoms with E-state index in [4.69, 9.17) is 16.3 Å². The lowest BCUT2D eigenvalue weighted by molar-refractivity contribution is -0.242. The van der Waals surface area contributed by atoms with Crippen molar-refractivity contribution in [3.8, 4) is 0 Å². The molecule has 34 heavy (non-hydrogen) atoms. The first-order valence-corrected chi connectivity index (χ1v) is 11.4. The van der Waals surface area contributed by atoms with Crippen LogP contribution in [-0.2, 0) is 19.6 Å². The van der Waals surface area contributed by atoms with Crippen LogP contribution in [0.1, 0.15) is 17.3 Å². The number of carbonyl (C=O) groups excluding carboxylic acids is 2. The molecule has 9 nitrogen and oxygen atoms in total. The fourth-order valence-electron chi connectivity index (χ4n) is 2.41. The van der Waals surface area contributed by atoms with Crippen molar-refractivity contribution in [2.45, 2.75) is 23.6 Å². The molecule has 1 atom stereocenters. The standard InChI is InChI=1S/C20H21ClF3N3O6S/c1-19(30,20(22,23)24)18(29)26-16-8-7-14(11-15(16)21)34(31,32)27-13-5-3-12(4-6-13)17(28)25-9-10-33-2/h3-8,11,27,30H,9-10H2,1-2H3,(H,25,28)(H,26,29). The molecule has 0 aliphatic carbocycles. The van der Waals surface area contributed by atoms with Gasteiger partial charge in [-0.1, -0.05) is 11.6 Å². The Balaban J connectivity index is 2.13. The lowest BCUT2D eigenvalue weighted by atomic mass is 10.1. The Morgan fingerprint density at radius 3 is 2.26 bits per heavy atom. The van der Waals surface area contributed by atoms with Crippen molar-refractivity contribution in [2.75, 3.05) is 30.3 Å². The number of alkyl halides is 3. The monoisotopic (exact) mass is 523 g/mol. The second-order valence-corrected chi connectivity index (χ2v) is 9.19. The largest absolute Gasteiger partial charge is 0.426 e. The number of benzene rings is 2. The summed E-state index contributed by atoms with van der Waals surface area (Å²) in [5, 5.41) is 13.5. The maximum Gasteiger partial charge on any atom is 0.426 e. The Bertz CT molecular complexity index is 1160. The number of methoxy groups -OCH3 is 1. The van der Waals surface area contributed by atoms with Gasteiger partial charge in [-0.3, -0.25) is 14.3 Å². The van der Waals surface area contributed by atoms with Crippen LogP contribution in [0.3, 0.4) is 0 Å². The van der Waals surface area contributed by atoms with Gasteiger partial charge in [0.1, 0.15) is 0 Å². The Hall–Kier alpha value is -2.87. The van der Waals surface area contributed by atoms with Gasteiger partial charge in [0.2, 0.25) is 5.60 Å². The number of hydrogen-bond donors (Lipinski definition) is 4. The lowest BCUT2D eigenvalue weighted by Crippen LogP contribution is -2.52. The van der Waals surface area contributed by atoms with E-state index in [9.17, 15) is 36.3 Å². The van der Waals surface area contributed by atoms with Gasteiger partial charge in [-0.25, -0.2) is 8.42 Å². The number of rotatable bonds is 9. The van der Waals surface area contributed by atoms with Gasteiger partial charge in [0, 0.05) is 24.9 Å². The van der Waals surface area contributed by atoms with Crippen LogP contribution >= 0.6 is 11.6 Å². The molecular formula is C20H21ClF3N3O6S. The Morgan fingerprint density at radius 1 is 1.12 bits per heavy atom. The van der Waals surface area contributed by atoms with Gasteiger partial charge in [-0.2, -0.15) is 13.2 Å². The van der Waals surface area contributed by atoms with Crippen LogP contribution in [0.4, 0.5) is 24.5 Å². The minimum atomic E-state index is -5.24. The molecule has 2 amide bonds. The molecule has 0 saturated carbocycles. The first-order valence-electron chi connectivity index (χ1n) is 9.49. The van der Waals surface area contributed by atoms with Crippen LogP contribution in [0.2, 0.25) is 5.02 Å². The number of nitrogens with one attached hydrogen (secondary N) is 3. The molecule has 2 aromatic carbocycles. The predicted octanol–water partition coefficient (Wildman–Crippen LogP) is 2.77. The molecule has 2 aromatic rings. The molecule has 0 aromatic heterocycles. The summed E-state index contributed by atoms with van der Waals surface area (Å²) in [6.45, 7) is 0.901. The number of amides is 2. The summed E-state index contributed by atoms with van der Waals surface area (Å²) in [6, 6.07) is 8.42. The van der Waals surface area contributed by atoms with Crippen molar-refractivity contribution in [1.29, 1.82) is 0 Å². The molecule has 0 radical (unpaired) electrons. The highest BCUT2D eigenvalue weighted by Gasteiger charge is 2.55. The molecule has 0 aliphatic heterocycles. The zero-order valence-electron chi connectivity index (χ0n) is 17.9. The number of carbonyl (C=O) groups is 2. The van der Waals surface area contributed by atoms with E-state index in [-0.39, 0.29) is 39.7 Å². The van der Waals surface area contributed by atoms with Gasteiger partial charge < -0.3 is 20.5 Å². The number of ether oxygens (including phenoxy) is 1. The first kappa shape index (κ1) is 27.4. The van der Waals surface area contributed by atoms with Crippen molar-refractivity contribution in [2.24, 2.45) is 0 Å². The highest BCUT2D eigenvalue weighted by Crippen LogP contribution is 2.33. The van der Waals surface area contributed by atoms with Gasteiger partial charge in [0.15, 0.2) is 0 Å². The van der Waals surface area contributed by atoms with E-state index in [2.05, 4.69) is 10.0 Å². The Kier molecular flexibility index (Phi) is 8.53. The lowest BCUT2D eigenvalue weighted by Gasteiger charge is -2.25. The van der Waals surface area contributed by atoms with Crippen LogP contribution in [0.25, 0.3) is 0 Å². The van der Waals surface area contributed by atoms with Crippen LogP contribution < -0.4 is 15.4 Å². The zero-order chi connectivity index (χ0) is 25.7. The smallest absolute Gasteiger partial charge is 0.383 e. The molecule has 0 aliphatic rings. The van der Waals surface area contributed by atoms with Crippen molar-refractivity contribution in [3.63, 3.8) is 0 Å². The molecular weight excluding hydrogens is 503 g/mol. The van der Waals surface area contributed by atoms with Crippen LogP contribution in [0.15, 0.2) is 47.4 Å². The minimum Gasteiger partial charge on any atom is -0.383 e. The maximum absolute atomic E-state index is 12.8. The number of sulfonamides is 1. The molecule has 14 heteroatoms. The van der Waals surface area contributed by atoms with Gasteiger partial charge in [0.25, 0.3) is 21.8 Å². The summed E-state index contributed by atoms with van der Waals surface area (Å²) >= 11 is 5.93. The summed E-state index contributed by atoms with van der Waals surface area (Å²) < 4.78 is 70.7. The maximum atomic E-state index is 12.8. The molecule has 0 heterocycles. The summed E-state index contributed by atoms with van der Waals surface area (Å²) in [4.78, 5) is 23.4. The molecule has 0 spiro atoms. The van der Waals surface area contributed by atoms with E-state index in [1.165, 1.54) is 31.4 Å². The van der Waals surface area contributed by atoms with Crippen LogP contribution in [0, 0.1) is 0 Å². The SMILES string of the molecule is COCCNC(=O)c1ccc(NS(=O)(=O)c2ccc(NC(=O)C(C)(O)C(F)(F)F)c(Cl)c2)cc1. The number of halogens is 4. The van der Waals surface area contributed by atoms with Gasteiger partial charge >= 0.3 is 6.18 Å². The third-order valence-electron chi connectivity index (χ3n) is 4.48. The Labute approximate surface area is 198 Å². The van der Waals surface area contributed by atoms with E-state index in [0.29, 0.717) is 13.2 Å². The topological polar surface area (TPSA) is 134 Å². The van der Waals surface area contributed by atoms with E-state index in [0.717, 1.165) is 18.2 Å². The quantitative estimate of drug-likeness (QED) is 0.373. The molecule has 0 bridgehead atoms. The molecule has 186 valence electrons. The summed E-state index contributed by atoms with van der Waals surface area (Å²) in [5.74, 6) is -2.16. The van der Waals surface area contributed by atoms with E-state index < -0.39 is 27.7 Å². The fraction of sp³-hybridized carbons (Fsp3) is 0.300. The molecule has 2 rings (SSSR count). The average Bonchev–Trinajstić information content (AvgIpc) is 2.74. The Morgan fingerprint density at radius 2 is 1.74 bits per heavy atom. The summed E-state index contributed by atoms with van der Waals surface area (Å²) in [5.41, 5.74) is -3.60. The van der Waals surface area contributed by atoms with Gasteiger partial charge in [-0.05, 0) is 49.4 Å². The highest BCUT2D eigenvalue weighted by molar-refractivity contribution is 7.92. The van der Waals surface area contributed by atoms with Crippen molar-refractivity contribution in [3.05, 3.63) is 53.1 Å². The van der Waals surface area contributed by atoms with Crippen molar-refractivity contribution < 1.29 is 41.0 Å². The second-order valence-electron chi connectivity index (χ2n) is 7.10. The van der Waals surface area contributed by atoms with E-state index >= 15 is 0 Å². The minimum absolute atomic E-state index is 0.128. The average molecular weight is 524 g/mol. The van der Waals surface area contributed by atoms with Gasteiger partial charge in [-0.15, -0.1) is 0 Å². The van der Waals surface area contributed by atoms with Gasteiger partial charge in [0.05, 0.1) is 22.2 Å². The van der Waals surface area contributed by atoms with Crippen molar-refractivity contribution >= 4 is 44.8 Å². The van der Waals surface area contributed by atoms with Crippen LogP contribution in [-0.4, -0.2) is 57.4 Å². The van der Waals surface area contributed by atoms with Crippen LogP contribution in [0.5, 0.6) is 0 Å².